The number of likely N-dealkylation sites (tertiary alicyclic amines) is 1. The Balaban J connectivity index is 2.62. The molecule has 1 N–H and O–H groups in total. The number of carboxylic acid groups (broad SMARTS) is 1. The molecule has 0 aliphatic carbocycles. The van der Waals surface area contributed by atoms with E-state index in [0.717, 1.165) is 12.8 Å². The topological polar surface area (TPSA) is 66.8 Å². The number of carbonyl (C=O) groups excluding carboxylic acids is 1. The van der Waals surface area contributed by atoms with Crippen molar-refractivity contribution in [1.29, 1.82) is 0 Å². The SMILES string of the molecule is CCOCCCC(=O)N1CCCC(C)(C)C1C(=O)O. The molecule has 0 aromatic carbocycles. The fourth-order valence-corrected chi connectivity index (χ4v) is 2.74. The molecule has 0 spiro atoms. The summed E-state index contributed by atoms with van der Waals surface area (Å²) < 4.78 is 5.20. The molecule has 19 heavy (non-hydrogen) atoms. The Hall–Kier alpha value is -1.10. The van der Waals surface area contributed by atoms with E-state index >= 15 is 0 Å². The van der Waals surface area contributed by atoms with Gasteiger partial charge >= 0.3 is 5.97 Å². The van der Waals surface area contributed by atoms with Gasteiger partial charge in [0.05, 0.1) is 0 Å². The van der Waals surface area contributed by atoms with Crippen molar-refractivity contribution in [3.8, 4) is 0 Å². The van der Waals surface area contributed by atoms with E-state index in [4.69, 9.17) is 4.74 Å². The van der Waals surface area contributed by atoms with E-state index in [2.05, 4.69) is 0 Å². The molecule has 0 bridgehead atoms. The van der Waals surface area contributed by atoms with E-state index in [9.17, 15) is 14.7 Å². The van der Waals surface area contributed by atoms with Gasteiger partial charge in [-0.3, -0.25) is 4.79 Å². The zero-order chi connectivity index (χ0) is 14.5. The molecule has 5 nitrogen and oxygen atoms in total. The molecule has 1 amide bonds. The molecule has 0 saturated carbocycles. The lowest BCUT2D eigenvalue weighted by Gasteiger charge is -2.44. The van der Waals surface area contributed by atoms with Crippen LogP contribution in [0.25, 0.3) is 0 Å². The van der Waals surface area contributed by atoms with Crippen LogP contribution >= 0.6 is 0 Å². The van der Waals surface area contributed by atoms with Crippen molar-refractivity contribution in [2.45, 2.75) is 52.5 Å². The highest BCUT2D eigenvalue weighted by atomic mass is 16.5. The van der Waals surface area contributed by atoms with Gasteiger partial charge in [0.15, 0.2) is 0 Å². The molecule has 0 aromatic heterocycles. The average Bonchev–Trinajstić information content (AvgIpc) is 2.32. The molecule has 1 atom stereocenters. The predicted octanol–water partition coefficient (Wildman–Crippen LogP) is 1.90. The van der Waals surface area contributed by atoms with Crippen molar-refractivity contribution < 1.29 is 19.4 Å². The highest BCUT2D eigenvalue weighted by molar-refractivity contribution is 5.84. The smallest absolute Gasteiger partial charge is 0.326 e. The summed E-state index contributed by atoms with van der Waals surface area (Å²) in [5, 5.41) is 9.38. The minimum Gasteiger partial charge on any atom is -0.480 e. The van der Waals surface area contributed by atoms with Crippen LogP contribution in [0.3, 0.4) is 0 Å². The van der Waals surface area contributed by atoms with Gasteiger partial charge in [0.1, 0.15) is 6.04 Å². The molecular weight excluding hydrogens is 246 g/mol. The van der Waals surface area contributed by atoms with Crippen LogP contribution in [0.1, 0.15) is 46.5 Å². The zero-order valence-corrected chi connectivity index (χ0v) is 12.1. The molecule has 1 rings (SSSR count). The van der Waals surface area contributed by atoms with Crippen molar-refractivity contribution in [3.05, 3.63) is 0 Å². The second-order valence-corrected chi connectivity index (χ2v) is 5.72. The molecule has 1 fully saturated rings. The van der Waals surface area contributed by atoms with Crippen molar-refractivity contribution in [3.63, 3.8) is 0 Å². The maximum absolute atomic E-state index is 12.2. The average molecular weight is 271 g/mol. The van der Waals surface area contributed by atoms with Gasteiger partial charge in [-0.2, -0.15) is 0 Å². The molecule has 1 aliphatic rings. The van der Waals surface area contributed by atoms with Gasteiger partial charge in [0.25, 0.3) is 0 Å². The molecule has 0 radical (unpaired) electrons. The first-order valence-corrected chi connectivity index (χ1v) is 7.00. The van der Waals surface area contributed by atoms with E-state index in [1.807, 2.05) is 20.8 Å². The van der Waals surface area contributed by atoms with E-state index in [1.165, 1.54) is 4.90 Å². The van der Waals surface area contributed by atoms with Crippen molar-refractivity contribution in [2.24, 2.45) is 5.41 Å². The van der Waals surface area contributed by atoms with Gasteiger partial charge in [0, 0.05) is 26.2 Å². The van der Waals surface area contributed by atoms with Gasteiger partial charge in [-0.1, -0.05) is 13.8 Å². The van der Waals surface area contributed by atoms with Gasteiger partial charge in [0.2, 0.25) is 5.91 Å². The summed E-state index contributed by atoms with van der Waals surface area (Å²) in [5.74, 6) is -0.970. The highest BCUT2D eigenvalue weighted by Gasteiger charge is 2.44. The maximum Gasteiger partial charge on any atom is 0.326 e. The number of nitrogens with zero attached hydrogens (tertiary/aromatic N) is 1. The van der Waals surface area contributed by atoms with Crippen LogP contribution in [-0.2, 0) is 14.3 Å². The van der Waals surface area contributed by atoms with E-state index in [0.29, 0.717) is 32.6 Å². The Morgan fingerprint density at radius 2 is 2.11 bits per heavy atom. The molecule has 0 aromatic rings. The predicted molar refractivity (Wildman–Crippen MR) is 71.9 cm³/mol. The molecule has 1 unspecified atom stereocenters. The van der Waals surface area contributed by atoms with E-state index in [-0.39, 0.29) is 11.3 Å². The van der Waals surface area contributed by atoms with Gasteiger partial charge in [-0.25, -0.2) is 4.79 Å². The number of ether oxygens (including phenoxy) is 1. The molecular formula is C14H25NO4. The fraction of sp³-hybridized carbons (Fsp3) is 0.857. The van der Waals surface area contributed by atoms with Crippen LogP contribution in [0.5, 0.6) is 0 Å². The lowest BCUT2D eigenvalue weighted by Crippen LogP contribution is -2.56. The number of aliphatic carboxylic acids is 1. The monoisotopic (exact) mass is 271 g/mol. The van der Waals surface area contributed by atoms with Gasteiger partial charge < -0.3 is 14.7 Å². The summed E-state index contributed by atoms with van der Waals surface area (Å²) in [6, 6.07) is -0.708. The third-order valence-corrected chi connectivity index (χ3v) is 3.71. The summed E-state index contributed by atoms with van der Waals surface area (Å²) >= 11 is 0. The summed E-state index contributed by atoms with van der Waals surface area (Å²) in [6.45, 7) is 7.50. The molecule has 5 heteroatoms. The van der Waals surface area contributed by atoms with Gasteiger partial charge in [-0.05, 0) is 31.6 Å². The molecule has 1 saturated heterocycles. The van der Waals surface area contributed by atoms with E-state index in [1.54, 1.807) is 0 Å². The van der Waals surface area contributed by atoms with Crippen LogP contribution in [0.15, 0.2) is 0 Å². The van der Waals surface area contributed by atoms with Gasteiger partial charge in [-0.15, -0.1) is 0 Å². The Kier molecular flexibility index (Phi) is 5.79. The number of amides is 1. The minimum absolute atomic E-state index is 0.0696. The maximum atomic E-state index is 12.2. The minimum atomic E-state index is -0.900. The fourth-order valence-electron chi connectivity index (χ4n) is 2.74. The zero-order valence-electron chi connectivity index (χ0n) is 12.1. The Labute approximate surface area is 114 Å². The third kappa shape index (κ3) is 4.20. The number of rotatable bonds is 6. The first kappa shape index (κ1) is 16.0. The number of piperidine rings is 1. The number of carbonyl (C=O) groups is 2. The summed E-state index contributed by atoms with van der Waals surface area (Å²) in [7, 11) is 0. The summed E-state index contributed by atoms with van der Waals surface area (Å²) in [4.78, 5) is 25.2. The van der Waals surface area contributed by atoms with E-state index < -0.39 is 12.0 Å². The molecule has 110 valence electrons. The lowest BCUT2D eigenvalue weighted by molar-refractivity contribution is -0.159. The number of carboxylic acids is 1. The van der Waals surface area contributed by atoms with Crippen LogP contribution in [0, 0.1) is 5.41 Å². The van der Waals surface area contributed by atoms with Crippen molar-refractivity contribution in [1.82, 2.24) is 4.90 Å². The third-order valence-electron chi connectivity index (χ3n) is 3.71. The first-order valence-electron chi connectivity index (χ1n) is 7.00. The van der Waals surface area contributed by atoms with Crippen LogP contribution in [-0.4, -0.2) is 47.7 Å². The summed E-state index contributed by atoms with van der Waals surface area (Å²) in [5.41, 5.74) is -0.361. The Morgan fingerprint density at radius 1 is 1.42 bits per heavy atom. The van der Waals surface area contributed by atoms with Crippen molar-refractivity contribution in [2.75, 3.05) is 19.8 Å². The van der Waals surface area contributed by atoms with Crippen LogP contribution in [0.4, 0.5) is 0 Å². The second-order valence-electron chi connectivity index (χ2n) is 5.72. The number of hydrogen-bond acceptors (Lipinski definition) is 3. The number of hydrogen-bond donors (Lipinski definition) is 1. The molecule has 1 heterocycles. The van der Waals surface area contributed by atoms with Crippen LogP contribution < -0.4 is 0 Å². The normalized spacial score (nSPS) is 22.3. The van der Waals surface area contributed by atoms with Crippen LogP contribution in [0.2, 0.25) is 0 Å². The standard InChI is InChI=1S/C14H25NO4/c1-4-19-10-5-7-11(16)15-9-6-8-14(2,3)12(15)13(17)18/h12H,4-10H2,1-3H3,(H,17,18). The van der Waals surface area contributed by atoms with Crippen molar-refractivity contribution >= 4 is 11.9 Å². The Morgan fingerprint density at radius 3 is 2.68 bits per heavy atom. The first-order chi connectivity index (χ1) is 8.90. The summed E-state index contributed by atoms with van der Waals surface area (Å²) in [6.07, 6.45) is 2.72. The molecule has 1 aliphatic heterocycles. The largest absolute Gasteiger partial charge is 0.480 e. The second kappa shape index (κ2) is 6.89. The quantitative estimate of drug-likeness (QED) is 0.749. The lowest BCUT2D eigenvalue weighted by atomic mass is 9.76. The Bertz CT molecular complexity index is 327. The highest BCUT2D eigenvalue weighted by Crippen LogP contribution is 2.35.